The zero-order valence-corrected chi connectivity index (χ0v) is 17.0. The number of hydrogen-bond donors (Lipinski definition) is 0. The lowest BCUT2D eigenvalue weighted by Gasteiger charge is -2.29. The van der Waals surface area contributed by atoms with E-state index in [-0.39, 0.29) is 5.91 Å². The molecule has 0 saturated heterocycles. The van der Waals surface area contributed by atoms with Crippen LogP contribution in [0, 0.1) is 6.92 Å². The van der Waals surface area contributed by atoms with E-state index in [1.165, 1.54) is 16.7 Å². The molecule has 0 aliphatic carbocycles. The highest BCUT2D eigenvalue weighted by Crippen LogP contribution is 2.21. The van der Waals surface area contributed by atoms with Gasteiger partial charge in [-0.05, 0) is 43.0 Å². The summed E-state index contributed by atoms with van der Waals surface area (Å²) in [5.41, 5.74) is 5.02. The van der Waals surface area contributed by atoms with Gasteiger partial charge in [0.2, 0.25) is 5.95 Å². The van der Waals surface area contributed by atoms with Gasteiger partial charge in [0.15, 0.2) is 0 Å². The van der Waals surface area contributed by atoms with Crippen LogP contribution in [0.5, 0.6) is 0 Å². The van der Waals surface area contributed by atoms with Crippen LogP contribution in [0.25, 0.3) is 0 Å². The minimum Gasteiger partial charge on any atom is -0.337 e. The number of carbonyl (C=O) groups is 1. The molecule has 0 saturated carbocycles. The average molecular weight is 386 g/mol. The maximum absolute atomic E-state index is 13.2. The van der Waals surface area contributed by atoms with Gasteiger partial charge in [-0.2, -0.15) is 0 Å². The van der Waals surface area contributed by atoms with Gasteiger partial charge in [-0.15, -0.1) is 0 Å². The SMILES string of the molecule is CCN(Cc1ccccc1)c1nc(C)cc(C(=O)N2CCc3ccccc3C2)n1. The molecule has 4 rings (SSSR count). The summed E-state index contributed by atoms with van der Waals surface area (Å²) in [6.45, 7) is 6.83. The Morgan fingerprint density at radius 2 is 1.76 bits per heavy atom. The fourth-order valence-corrected chi connectivity index (χ4v) is 3.76. The summed E-state index contributed by atoms with van der Waals surface area (Å²) < 4.78 is 0. The molecule has 0 N–H and O–H groups in total. The molecule has 1 aliphatic rings. The Morgan fingerprint density at radius 1 is 1.03 bits per heavy atom. The van der Waals surface area contributed by atoms with Crippen LogP contribution >= 0.6 is 0 Å². The van der Waals surface area contributed by atoms with Gasteiger partial charge in [0.25, 0.3) is 5.91 Å². The largest absolute Gasteiger partial charge is 0.337 e. The predicted molar refractivity (Wildman–Crippen MR) is 115 cm³/mol. The molecular formula is C24H26N4O. The van der Waals surface area contributed by atoms with Gasteiger partial charge >= 0.3 is 0 Å². The molecule has 3 aromatic rings. The third kappa shape index (κ3) is 4.29. The number of rotatable bonds is 5. The van der Waals surface area contributed by atoms with Crippen molar-refractivity contribution >= 4 is 11.9 Å². The molecule has 1 aliphatic heterocycles. The summed E-state index contributed by atoms with van der Waals surface area (Å²) in [6.07, 6.45) is 0.883. The van der Waals surface area contributed by atoms with E-state index in [0.29, 0.717) is 24.7 Å². The minimum absolute atomic E-state index is 0.0259. The van der Waals surface area contributed by atoms with Crippen LogP contribution in [0.15, 0.2) is 60.7 Å². The van der Waals surface area contributed by atoms with E-state index in [2.05, 4.69) is 52.1 Å². The molecule has 2 aromatic carbocycles. The Kier molecular flexibility index (Phi) is 5.56. The molecule has 0 spiro atoms. The number of amides is 1. The second-order valence-corrected chi connectivity index (χ2v) is 7.44. The number of aryl methyl sites for hydroxylation is 1. The first kappa shape index (κ1) is 19.1. The monoisotopic (exact) mass is 386 g/mol. The molecule has 1 aromatic heterocycles. The van der Waals surface area contributed by atoms with E-state index in [1.54, 1.807) is 6.07 Å². The second kappa shape index (κ2) is 8.43. The summed E-state index contributed by atoms with van der Waals surface area (Å²) in [5.74, 6) is 0.583. The smallest absolute Gasteiger partial charge is 0.272 e. The van der Waals surface area contributed by atoms with E-state index < -0.39 is 0 Å². The summed E-state index contributed by atoms with van der Waals surface area (Å²) in [7, 11) is 0. The Labute approximate surface area is 172 Å². The van der Waals surface area contributed by atoms with Crippen molar-refractivity contribution < 1.29 is 4.79 Å². The molecule has 5 nitrogen and oxygen atoms in total. The third-order valence-corrected chi connectivity index (χ3v) is 5.36. The molecule has 0 bridgehead atoms. The first-order valence-electron chi connectivity index (χ1n) is 10.1. The summed E-state index contributed by atoms with van der Waals surface area (Å²) in [5, 5.41) is 0. The molecule has 0 atom stereocenters. The highest BCUT2D eigenvalue weighted by Gasteiger charge is 2.24. The maximum atomic E-state index is 13.2. The van der Waals surface area contributed by atoms with Crippen molar-refractivity contribution in [3.05, 3.63) is 88.7 Å². The Morgan fingerprint density at radius 3 is 2.52 bits per heavy atom. The van der Waals surface area contributed by atoms with Crippen LogP contribution in [-0.2, 0) is 19.5 Å². The van der Waals surface area contributed by atoms with Crippen LogP contribution in [0.4, 0.5) is 5.95 Å². The summed E-state index contributed by atoms with van der Waals surface area (Å²) >= 11 is 0. The lowest BCUT2D eigenvalue weighted by Crippen LogP contribution is -2.36. The summed E-state index contributed by atoms with van der Waals surface area (Å²) in [6, 6.07) is 20.4. The highest BCUT2D eigenvalue weighted by molar-refractivity contribution is 5.92. The van der Waals surface area contributed by atoms with Crippen molar-refractivity contribution in [3.63, 3.8) is 0 Å². The standard InChI is InChI=1S/C24H26N4O/c1-3-27(16-19-9-5-4-6-10-19)24-25-18(2)15-22(26-24)23(29)28-14-13-20-11-7-8-12-21(20)17-28/h4-12,15H,3,13-14,16-17H2,1-2H3. The number of carbonyl (C=O) groups excluding carboxylic acids is 1. The van der Waals surface area contributed by atoms with Gasteiger partial charge in [0, 0.05) is 31.9 Å². The van der Waals surface area contributed by atoms with Crippen molar-refractivity contribution in [3.8, 4) is 0 Å². The molecule has 0 radical (unpaired) electrons. The van der Waals surface area contributed by atoms with E-state index in [4.69, 9.17) is 0 Å². The van der Waals surface area contributed by atoms with Gasteiger partial charge in [-0.25, -0.2) is 9.97 Å². The lowest BCUT2D eigenvalue weighted by atomic mass is 10.00. The number of hydrogen-bond acceptors (Lipinski definition) is 4. The van der Waals surface area contributed by atoms with Crippen molar-refractivity contribution in [1.29, 1.82) is 0 Å². The van der Waals surface area contributed by atoms with Gasteiger partial charge in [-0.3, -0.25) is 4.79 Å². The van der Waals surface area contributed by atoms with Crippen LogP contribution in [-0.4, -0.2) is 33.9 Å². The predicted octanol–water partition coefficient (Wildman–Crippen LogP) is 4.01. The zero-order valence-electron chi connectivity index (χ0n) is 17.0. The molecule has 0 unspecified atom stereocenters. The molecule has 2 heterocycles. The van der Waals surface area contributed by atoms with Crippen molar-refractivity contribution in [2.45, 2.75) is 33.4 Å². The number of nitrogens with zero attached hydrogens (tertiary/aromatic N) is 4. The zero-order chi connectivity index (χ0) is 20.2. The minimum atomic E-state index is -0.0259. The van der Waals surface area contributed by atoms with Gasteiger partial charge < -0.3 is 9.80 Å². The molecule has 29 heavy (non-hydrogen) atoms. The van der Waals surface area contributed by atoms with Crippen molar-refractivity contribution in [1.82, 2.24) is 14.9 Å². The number of fused-ring (bicyclic) bond motifs is 1. The molecular weight excluding hydrogens is 360 g/mol. The Balaban J connectivity index is 1.57. The number of benzene rings is 2. The van der Waals surface area contributed by atoms with Gasteiger partial charge in [-0.1, -0.05) is 54.6 Å². The first-order chi connectivity index (χ1) is 14.1. The second-order valence-electron chi connectivity index (χ2n) is 7.44. The number of anilines is 1. The van der Waals surface area contributed by atoms with Crippen molar-refractivity contribution in [2.75, 3.05) is 18.0 Å². The normalized spacial score (nSPS) is 13.1. The van der Waals surface area contributed by atoms with Crippen LogP contribution < -0.4 is 4.90 Å². The quantitative estimate of drug-likeness (QED) is 0.665. The van der Waals surface area contributed by atoms with E-state index in [0.717, 1.165) is 25.2 Å². The van der Waals surface area contributed by atoms with Gasteiger partial charge in [0.05, 0.1) is 0 Å². The molecule has 5 heteroatoms. The van der Waals surface area contributed by atoms with E-state index in [1.807, 2.05) is 36.1 Å². The topological polar surface area (TPSA) is 49.3 Å². The maximum Gasteiger partial charge on any atom is 0.272 e. The lowest BCUT2D eigenvalue weighted by molar-refractivity contribution is 0.0728. The first-order valence-corrected chi connectivity index (χ1v) is 10.1. The fraction of sp³-hybridized carbons (Fsp3) is 0.292. The van der Waals surface area contributed by atoms with E-state index >= 15 is 0 Å². The van der Waals surface area contributed by atoms with Crippen LogP contribution in [0.1, 0.15) is 39.8 Å². The Hall–Kier alpha value is -3.21. The average Bonchev–Trinajstić information content (AvgIpc) is 2.77. The molecule has 148 valence electrons. The molecule has 1 amide bonds. The summed E-state index contributed by atoms with van der Waals surface area (Å²) in [4.78, 5) is 26.5. The van der Waals surface area contributed by atoms with Gasteiger partial charge in [0.1, 0.15) is 5.69 Å². The third-order valence-electron chi connectivity index (χ3n) is 5.36. The molecule has 0 fully saturated rings. The van der Waals surface area contributed by atoms with Crippen molar-refractivity contribution in [2.24, 2.45) is 0 Å². The van der Waals surface area contributed by atoms with Crippen LogP contribution in [0.3, 0.4) is 0 Å². The highest BCUT2D eigenvalue weighted by atomic mass is 16.2. The van der Waals surface area contributed by atoms with Crippen LogP contribution in [0.2, 0.25) is 0 Å². The Bertz CT molecular complexity index is 1000. The fourth-order valence-electron chi connectivity index (χ4n) is 3.76. The number of aromatic nitrogens is 2. The van der Waals surface area contributed by atoms with E-state index in [9.17, 15) is 4.79 Å².